The van der Waals surface area contributed by atoms with E-state index in [-0.39, 0.29) is 17.3 Å². The second-order valence-corrected chi connectivity index (χ2v) is 5.65. The molecular weight excluding hydrogens is 350 g/mol. The number of hydrogen-bond acceptors (Lipinski definition) is 6. The quantitative estimate of drug-likeness (QED) is 0.561. The zero-order chi connectivity index (χ0) is 18.8. The first kappa shape index (κ1) is 16.6. The molecule has 0 aromatic carbocycles. The van der Waals surface area contributed by atoms with Crippen LogP contribution >= 0.6 is 0 Å². The van der Waals surface area contributed by atoms with Crippen LogP contribution in [-0.2, 0) is 6.42 Å². The third-order valence-electron chi connectivity index (χ3n) is 3.81. The molecule has 4 rings (SSSR count). The van der Waals surface area contributed by atoms with E-state index >= 15 is 0 Å². The van der Waals surface area contributed by atoms with E-state index in [2.05, 4.69) is 20.4 Å². The van der Waals surface area contributed by atoms with E-state index in [0.29, 0.717) is 29.4 Å². The fourth-order valence-corrected chi connectivity index (χ4v) is 2.54. The Labute approximate surface area is 152 Å². The van der Waals surface area contributed by atoms with Crippen LogP contribution in [0.4, 0.5) is 5.82 Å². The van der Waals surface area contributed by atoms with Crippen molar-refractivity contribution in [3.05, 3.63) is 70.7 Å². The van der Waals surface area contributed by atoms with Crippen molar-refractivity contribution in [1.29, 1.82) is 0 Å². The van der Waals surface area contributed by atoms with E-state index < -0.39 is 5.91 Å². The van der Waals surface area contributed by atoms with Crippen molar-refractivity contribution >= 4 is 11.7 Å². The number of H-pyrrole nitrogens is 1. The number of rotatable bonds is 5. The Kier molecular flexibility index (Phi) is 4.17. The Balaban J connectivity index is 1.80. The van der Waals surface area contributed by atoms with Crippen molar-refractivity contribution in [1.82, 2.24) is 19.7 Å². The molecule has 0 saturated heterocycles. The molecule has 136 valence electrons. The van der Waals surface area contributed by atoms with Crippen LogP contribution in [0.5, 0.6) is 0 Å². The maximum Gasteiger partial charge on any atom is 0.292 e. The van der Waals surface area contributed by atoms with E-state index in [1.807, 2.05) is 6.92 Å². The molecule has 9 nitrogen and oxygen atoms in total. The lowest BCUT2D eigenvalue weighted by Gasteiger charge is -2.07. The number of nitrogens with one attached hydrogen (secondary N) is 2. The second-order valence-electron chi connectivity index (χ2n) is 5.65. The van der Waals surface area contributed by atoms with Crippen molar-refractivity contribution in [3.63, 3.8) is 0 Å². The summed E-state index contributed by atoms with van der Waals surface area (Å²) in [5.41, 5.74) is 0.765. The molecule has 27 heavy (non-hydrogen) atoms. The van der Waals surface area contributed by atoms with Crippen molar-refractivity contribution in [2.75, 3.05) is 5.32 Å². The summed E-state index contributed by atoms with van der Waals surface area (Å²) in [5.74, 6) is 0.689. The Hall–Kier alpha value is -3.88. The predicted molar refractivity (Wildman–Crippen MR) is 95.7 cm³/mol. The third kappa shape index (κ3) is 3.30. The normalized spacial score (nSPS) is 10.9. The van der Waals surface area contributed by atoms with Crippen LogP contribution in [0.1, 0.15) is 23.2 Å². The van der Waals surface area contributed by atoms with Gasteiger partial charge in [0.15, 0.2) is 11.5 Å². The van der Waals surface area contributed by atoms with Gasteiger partial charge in [0.05, 0.1) is 12.5 Å². The number of hydrogen-bond donors (Lipinski definition) is 2. The first-order valence-corrected chi connectivity index (χ1v) is 8.23. The van der Waals surface area contributed by atoms with Gasteiger partial charge in [-0.05, 0) is 30.7 Å². The molecule has 4 aromatic heterocycles. The molecule has 0 atom stereocenters. The molecule has 0 unspecified atom stereocenters. The summed E-state index contributed by atoms with van der Waals surface area (Å²) in [6.45, 7) is 1.89. The predicted octanol–water partition coefficient (Wildman–Crippen LogP) is 2.62. The average molecular weight is 365 g/mol. The number of aromatic amines is 1. The fourth-order valence-electron chi connectivity index (χ4n) is 2.54. The Bertz CT molecular complexity index is 1120. The molecule has 4 aromatic rings. The smallest absolute Gasteiger partial charge is 0.292 e. The number of carbonyl (C=O) groups excluding carboxylic acids is 1. The molecule has 2 N–H and O–H groups in total. The maximum atomic E-state index is 12.4. The second kappa shape index (κ2) is 6.79. The SMILES string of the molecule is CCc1cc(=O)[nH]c(-n2nc(-c3ccco3)cc2NC(=O)c2ccco2)n1. The molecule has 0 aliphatic heterocycles. The van der Waals surface area contributed by atoms with Gasteiger partial charge in [-0.25, -0.2) is 4.98 Å². The van der Waals surface area contributed by atoms with E-state index in [9.17, 15) is 9.59 Å². The third-order valence-corrected chi connectivity index (χ3v) is 3.81. The van der Waals surface area contributed by atoms with E-state index in [0.717, 1.165) is 0 Å². The van der Waals surface area contributed by atoms with E-state index in [1.165, 1.54) is 23.3 Å². The highest BCUT2D eigenvalue weighted by Gasteiger charge is 2.18. The zero-order valence-electron chi connectivity index (χ0n) is 14.3. The monoisotopic (exact) mass is 365 g/mol. The molecule has 4 heterocycles. The number of anilines is 1. The topological polar surface area (TPSA) is 119 Å². The highest BCUT2D eigenvalue weighted by Crippen LogP contribution is 2.24. The first-order valence-electron chi connectivity index (χ1n) is 8.23. The number of amides is 1. The van der Waals surface area contributed by atoms with Crippen molar-refractivity contribution in [3.8, 4) is 17.4 Å². The Morgan fingerprint density at radius 3 is 2.74 bits per heavy atom. The number of aromatic nitrogens is 4. The Morgan fingerprint density at radius 1 is 1.22 bits per heavy atom. The van der Waals surface area contributed by atoms with Gasteiger partial charge in [-0.2, -0.15) is 9.78 Å². The largest absolute Gasteiger partial charge is 0.463 e. The highest BCUT2D eigenvalue weighted by molar-refractivity contribution is 6.02. The minimum Gasteiger partial charge on any atom is -0.463 e. The summed E-state index contributed by atoms with van der Waals surface area (Å²) in [6.07, 6.45) is 3.51. The standard InChI is InChI=1S/C18H15N5O4/c1-2-11-9-16(24)21-18(19-11)23-15(20-17(25)14-6-4-8-27-14)10-12(22-23)13-5-3-7-26-13/h3-10H,2H2,1H3,(H,20,25)(H,19,21,24). The molecule has 0 fully saturated rings. The molecular formula is C18H15N5O4. The van der Waals surface area contributed by atoms with Gasteiger partial charge in [-0.1, -0.05) is 6.92 Å². The zero-order valence-corrected chi connectivity index (χ0v) is 14.3. The molecule has 0 spiro atoms. The van der Waals surface area contributed by atoms with Crippen LogP contribution in [0.2, 0.25) is 0 Å². The number of nitrogens with zero attached hydrogens (tertiary/aromatic N) is 3. The van der Waals surface area contributed by atoms with Gasteiger partial charge in [0.25, 0.3) is 11.5 Å². The van der Waals surface area contributed by atoms with Crippen LogP contribution in [0, 0.1) is 0 Å². The molecule has 0 aliphatic carbocycles. The average Bonchev–Trinajstić information content (AvgIpc) is 3.41. The summed E-state index contributed by atoms with van der Waals surface area (Å²) < 4.78 is 11.8. The maximum absolute atomic E-state index is 12.4. The summed E-state index contributed by atoms with van der Waals surface area (Å²) >= 11 is 0. The lowest BCUT2D eigenvalue weighted by Crippen LogP contribution is -2.19. The van der Waals surface area contributed by atoms with Crippen LogP contribution in [0.25, 0.3) is 17.4 Å². The van der Waals surface area contributed by atoms with Crippen LogP contribution in [-0.4, -0.2) is 25.7 Å². The first-order chi connectivity index (χ1) is 13.1. The van der Waals surface area contributed by atoms with Crippen molar-refractivity contribution in [2.45, 2.75) is 13.3 Å². The summed E-state index contributed by atoms with van der Waals surface area (Å²) in [6, 6.07) is 9.67. The van der Waals surface area contributed by atoms with Crippen LogP contribution < -0.4 is 10.9 Å². The number of aryl methyl sites for hydroxylation is 1. The number of carbonyl (C=O) groups is 1. The van der Waals surface area contributed by atoms with Gasteiger partial charge in [-0.15, -0.1) is 0 Å². The van der Waals surface area contributed by atoms with Gasteiger partial charge in [0.2, 0.25) is 5.95 Å². The summed E-state index contributed by atoms with van der Waals surface area (Å²) in [5, 5.41) is 7.13. The van der Waals surface area contributed by atoms with Gasteiger partial charge >= 0.3 is 0 Å². The highest BCUT2D eigenvalue weighted by atomic mass is 16.3. The van der Waals surface area contributed by atoms with E-state index in [4.69, 9.17) is 8.83 Å². The van der Waals surface area contributed by atoms with E-state index in [1.54, 1.807) is 30.3 Å². The lowest BCUT2D eigenvalue weighted by molar-refractivity contribution is 0.0996. The van der Waals surface area contributed by atoms with Crippen molar-refractivity contribution < 1.29 is 13.6 Å². The molecule has 0 saturated carbocycles. The minimum absolute atomic E-state index is 0.145. The lowest BCUT2D eigenvalue weighted by atomic mass is 10.3. The van der Waals surface area contributed by atoms with Crippen LogP contribution in [0.3, 0.4) is 0 Å². The summed E-state index contributed by atoms with van der Waals surface area (Å²) in [7, 11) is 0. The number of furan rings is 2. The van der Waals surface area contributed by atoms with Crippen LogP contribution in [0.15, 0.2) is 62.6 Å². The van der Waals surface area contributed by atoms with Gasteiger partial charge < -0.3 is 14.2 Å². The minimum atomic E-state index is -0.457. The fraction of sp³-hybridized carbons (Fsp3) is 0.111. The van der Waals surface area contributed by atoms with Crippen molar-refractivity contribution in [2.24, 2.45) is 0 Å². The molecule has 9 heteroatoms. The Morgan fingerprint density at radius 2 is 2.04 bits per heavy atom. The molecule has 1 amide bonds. The van der Waals surface area contributed by atoms with Gasteiger partial charge in [0, 0.05) is 17.8 Å². The molecule has 0 bridgehead atoms. The van der Waals surface area contributed by atoms with Gasteiger partial charge in [0.1, 0.15) is 11.5 Å². The van der Waals surface area contributed by atoms with Gasteiger partial charge in [-0.3, -0.25) is 14.6 Å². The molecule has 0 radical (unpaired) electrons. The molecule has 0 aliphatic rings. The summed E-state index contributed by atoms with van der Waals surface area (Å²) in [4.78, 5) is 31.3.